The Labute approximate surface area is 179 Å². The Morgan fingerprint density at radius 3 is 2.27 bits per heavy atom. The molecule has 0 spiro atoms. The van der Waals surface area contributed by atoms with Gasteiger partial charge in [0.2, 0.25) is 0 Å². The molecule has 1 heterocycles. The molecular weight excluding hydrogens is 396 g/mol. The fourth-order valence-electron chi connectivity index (χ4n) is 3.19. The van der Waals surface area contributed by atoms with Gasteiger partial charge in [0.25, 0.3) is 5.56 Å². The second kappa shape index (κ2) is 8.63. The highest BCUT2D eigenvalue weighted by molar-refractivity contribution is 7.98. The van der Waals surface area contributed by atoms with Gasteiger partial charge in [0, 0.05) is 24.0 Å². The first-order chi connectivity index (χ1) is 14.6. The van der Waals surface area contributed by atoms with Crippen LogP contribution >= 0.6 is 11.8 Å². The average molecular weight is 419 g/mol. The molecule has 3 aromatic carbocycles. The fourth-order valence-corrected chi connectivity index (χ4v) is 4.16. The molecular formula is C24H22N2O3S. The number of aromatic nitrogens is 2. The maximum atomic E-state index is 13.4. The second-order valence-electron chi connectivity index (χ2n) is 6.90. The summed E-state index contributed by atoms with van der Waals surface area (Å²) in [7, 11) is 3.18. The maximum absolute atomic E-state index is 13.4. The zero-order chi connectivity index (χ0) is 21.1. The van der Waals surface area contributed by atoms with Crippen molar-refractivity contribution in [2.45, 2.75) is 17.8 Å². The quantitative estimate of drug-likeness (QED) is 0.326. The summed E-state index contributed by atoms with van der Waals surface area (Å²) in [6, 6.07) is 21.2. The zero-order valence-electron chi connectivity index (χ0n) is 17.1. The van der Waals surface area contributed by atoms with Crippen LogP contribution in [0.4, 0.5) is 0 Å². The highest BCUT2D eigenvalue weighted by Gasteiger charge is 2.15. The molecule has 0 fully saturated rings. The molecule has 0 saturated heterocycles. The molecule has 30 heavy (non-hydrogen) atoms. The van der Waals surface area contributed by atoms with Gasteiger partial charge < -0.3 is 9.47 Å². The van der Waals surface area contributed by atoms with Crippen molar-refractivity contribution < 1.29 is 9.47 Å². The topological polar surface area (TPSA) is 53.4 Å². The SMILES string of the molecule is COc1cc(OC)cc(-n2c(SCc3ccc(C)cc3)nc3ccccc3c2=O)c1. The van der Waals surface area contributed by atoms with Crippen LogP contribution < -0.4 is 15.0 Å². The van der Waals surface area contributed by atoms with Crippen molar-refractivity contribution >= 4 is 22.7 Å². The highest BCUT2D eigenvalue weighted by atomic mass is 32.2. The minimum absolute atomic E-state index is 0.123. The standard InChI is InChI=1S/C24H22N2O3S/c1-16-8-10-17(11-9-16)15-30-24-25-22-7-5-4-6-21(22)23(27)26(24)18-12-19(28-2)14-20(13-18)29-3/h4-14H,15H2,1-3H3. The maximum Gasteiger partial charge on any atom is 0.266 e. The molecule has 0 amide bonds. The molecule has 0 atom stereocenters. The molecule has 0 N–H and O–H groups in total. The van der Waals surface area contributed by atoms with E-state index in [-0.39, 0.29) is 5.56 Å². The van der Waals surface area contributed by atoms with Crippen molar-refractivity contribution in [1.82, 2.24) is 9.55 Å². The van der Waals surface area contributed by atoms with E-state index in [0.29, 0.717) is 39.0 Å². The van der Waals surface area contributed by atoms with Crippen LogP contribution in [0.25, 0.3) is 16.6 Å². The number of ether oxygens (including phenoxy) is 2. The van der Waals surface area contributed by atoms with Crippen molar-refractivity contribution in [3.8, 4) is 17.2 Å². The van der Waals surface area contributed by atoms with Gasteiger partial charge >= 0.3 is 0 Å². The summed E-state index contributed by atoms with van der Waals surface area (Å²) in [6.07, 6.45) is 0. The lowest BCUT2D eigenvalue weighted by molar-refractivity contribution is 0.394. The molecule has 0 aliphatic heterocycles. The first-order valence-electron chi connectivity index (χ1n) is 9.52. The minimum Gasteiger partial charge on any atom is -0.497 e. The van der Waals surface area contributed by atoms with E-state index in [9.17, 15) is 4.79 Å². The number of nitrogens with zero attached hydrogens (tertiary/aromatic N) is 2. The molecule has 6 heteroatoms. The van der Waals surface area contributed by atoms with Gasteiger partial charge in [-0.1, -0.05) is 53.7 Å². The van der Waals surface area contributed by atoms with Crippen LogP contribution in [0.5, 0.6) is 11.5 Å². The highest BCUT2D eigenvalue weighted by Crippen LogP contribution is 2.29. The predicted octanol–water partition coefficient (Wildman–Crippen LogP) is 5.00. The van der Waals surface area contributed by atoms with Crippen molar-refractivity contribution in [2.75, 3.05) is 14.2 Å². The van der Waals surface area contributed by atoms with Crippen molar-refractivity contribution in [3.63, 3.8) is 0 Å². The van der Waals surface area contributed by atoms with Crippen molar-refractivity contribution in [1.29, 1.82) is 0 Å². The van der Waals surface area contributed by atoms with Crippen LogP contribution in [-0.2, 0) is 5.75 Å². The lowest BCUT2D eigenvalue weighted by Crippen LogP contribution is -2.22. The zero-order valence-corrected chi connectivity index (χ0v) is 17.9. The summed E-state index contributed by atoms with van der Waals surface area (Å²) in [5.41, 5.74) is 3.60. The van der Waals surface area contributed by atoms with E-state index in [1.165, 1.54) is 22.9 Å². The van der Waals surface area contributed by atoms with E-state index < -0.39 is 0 Å². The van der Waals surface area contributed by atoms with E-state index >= 15 is 0 Å². The Hall–Kier alpha value is -3.25. The van der Waals surface area contributed by atoms with Crippen LogP contribution in [0.1, 0.15) is 11.1 Å². The third-order valence-electron chi connectivity index (χ3n) is 4.83. The van der Waals surface area contributed by atoms with Crippen molar-refractivity contribution in [3.05, 3.63) is 88.2 Å². The summed E-state index contributed by atoms with van der Waals surface area (Å²) in [6.45, 7) is 2.07. The van der Waals surface area contributed by atoms with E-state index in [0.717, 1.165) is 0 Å². The van der Waals surface area contributed by atoms with Gasteiger partial charge in [0.15, 0.2) is 5.16 Å². The van der Waals surface area contributed by atoms with Gasteiger partial charge in [0.05, 0.1) is 30.8 Å². The second-order valence-corrected chi connectivity index (χ2v) is 7.84. The molecule has 4 aromatic rings. The van der Waals surface area contributed by atoms with Crippen molar-refractivity contribution in [2.24, 2.45) is 0 Å². The Morgan fingerprint density at radius 1 is 0.933 bits per heavy atom. The normalized spacial score (nSPS) is 10.9. The lowest BCUT2D eigenvalue weighted by Gasteiger charge is -2.15. The molecule has 0 saturated carbocycles. The van der Waals surface area contributed by atoms with Gasteiger partial charge in [-0.05, 0) is 24.6 Å². The number of para-hydroxylation sites is 1. The number of thioether (sulfide) groups is 1. The first-order valence-corrected chi connectivity index (χ1v) is 10.5. The summed E-state index contributed by atoms with van der Waals surface area (Å²) in [4.78, 5) is 18.2. The molecule has 4 rings (SSSR count). The molecule has 0 aliphatic rings. The Bertz CT molecular complexity index is 1230. The predicted molar refractivity (Wildman–Crippen MR) is 121 cm³/mol. The smallest absolute Gasteiger partial charge is 0.266 e. The summed E-state index contributed by atoms with van der Waals surface area (Å²) in [5, 5.41) is 1.19. The Balaban J connectivity index is 1.86. The minimum atomic E-state index is -0.123. The molecule has 0 radical (unpaired) electrons. The van der Waals surface area contributed by atoms with Gasteiger partial charge in [-0.15, -0.1) is 0 Å². The molecule has 0 unspecified atom stereocenters. The monoisotopic (exact) mass is 418 g/mol. The van der Waals surface area contributed by atoms with E-state index in [4.69, 9.17) is 14.5 Å². The summed E-state index contributed by atoms with van der Waals surface area (Å²) in [5.74, 6) is 1.92. The third-order valence-corrected chi connectivity index (χ3v) is 5.84. The molecule has 152 valence electrons. The molecule has 0 bridgehead atoms. The Kier molecular flexibility index (Phi) is 5.77. The number of benzene rings is 3. The summed E-state index contributed by atoms with van der Waals surface area (Å²) >= 11 is 1.53. The largest absolute Gasteiger partial charge is 0.497 e. The third kappa shape index (κ3) is 4.04. The molecule has 0 aliphatic carbocycles. The van der Waals surface area contributed by atoms with Crippen LogP contribution in [0.2, 0.25) is 0 Å². The molecule has 1 aromatic heterocycles. The number of fused-ring (bicyclic) bond motifs is 1. The van der Waals surface area contributed by atoms with Gasteiger partial charge in [0.1, 0.15) is 11.5 Å². The number of hydrogen-bond acceptors (Lipinski definition) is 5. The van der Waals surface area contributed by atoms with E-state index in [1.54, 1.807) is 30.9 Å². The number of rotatable bonds is 6. The van der Waals surface area contributed by atoms with Crippen LogP contribution in [-0.4, -0.2) is 23.8 Å². The van der Waals surface area contributed by atoms with Crippen LogP contribution in [0.3, 0.4) is 0 Å². The fraction of sp³-hybridized carbons (Fsp3) is 0.167. The van der Waals surface area contributed by atoms with Gasteiger partial charge in [-0.25, -0.2) is 4.98 Å². The van der Waals surface area contributed by atoms with Crippen LogP contribution in [0.15, 0.2) is 76.7 Å². The van der Waals surface area contributed by atoms with Crippen LogP contribution in [0, 0.1) is 6.92 Å². The Morgan fingerprint density at radius 2 is 1.60 bits per heavy atom. The van der Waals surface area contributed by atoms with E-state index in [1.807, 2.05) is 30.3 Å². The number of aryl methyl sites for hydroxylation is 1. The van der Waals surface area contributed by atoms with E-state index in [2.05, 4.69) is 31.2 Å². The molecule has 5 nitrogen and oxygen atoms in total. The summed E-state index contributed by atoms with van der Waals surface area (Å²) < 4.78 is 12.4. The lowest BCUT2D eigenvalue weighted by atomic mass is 10.2. The number of methoxy groups -OCH3 is 2. The average Bonchev–Trinajstić information content (AvgIpc) is 2.78. The number of hydrogen-bond donors (Lipinski definition) is 0. The first kappa shape index (κ1) is 20.0. The van der Waals surface area contributed by atoms with Gasteiger partial charge in [-0.2, -0.15) is 0 Å². The van der Waals surface area contributed by atoms with Gasteiger partial charge in [-0.3, -0.25) is 9.36 Å².